The highest BCUT2D eigenvalue weighted by atomic mass is 79.9. The lowest BCUT2D eigenvalue weighted by atomic mass is 10.2. The number of unbranched alkanes of at least 4 members (excludes halogenated alkanes) is 1. The number of rotatable bonds is 38. The zero-order valence-corrected chi connectivity index (χ0v) is 67.4. The van der Waals surface area contributed by atoms with E-state index in [1.165, 1.54) is 93.5 Å². The molecule has 6 heterocycles. The van der Waals surface area contributed by atoms with Crippen LogP contribution in [-0.4, -0.2) is 269 Å². The molecule has 642 valence electrons. The van der Waals surface area contributed by atoms with Gasteiger partial charge >= 0.3 is 17.1 Å². The van der Waals surface area contributed by atoms with E-state index >= 15 is 0 Å². The van der Waals surface area contributed by atoms with Crippen LogP contribution in [0.1, 0.15) is 215 Å². The number of imidazole rings is 3. The number of hydrogen-bond donors (Lipinski definition) is 7. The fourth-order valence-corrected chi connectivity index (χ4v) is 8.39. The van der Waals surface area contributed by atoms with Crippen LogP contribution in [0.5, 0.6) is 0 Å². The number of halogens is 1. The number of aryl methyl sites for hydroxylation is 6. The molecule has 0 unspecified atom stereocenters. The number of hydrogen-bond acceptors (Lipinski definition) is 23. The van der Waals surface area contributed by atoms with Crippen molar-refractivity contribution in [3.05, 3.63) is 81.5 Å². The minimum absolute atomic E-state index is 0.0228. The molecule has 0 saturated heterocycles. The van der Waals surface area contributed by atoms with Crippen molar-refractivity contribution in [1.29, 1.82) is 0 Å². The largest absolute Gasteiger partial charge is 0.376 e. The molecular formula is C73H128BrN19O20. The first-order valence-corrected chi connectivity index (χ1v) is 35.5. The third-order valence-electron chi connectivity index (χ3n) is 14.8. The molecule has 0 aliphatic rings. The molecule has 0 atom stereocenters. The van der Waals surface area contributed by atoms with E-state index in [0.717, 1.165) is 54.7 Å². The average molecular weight is 1700 g/mol. The molecule has 6 aromatic heterocycles. The SMILES string of the molecule is [2H]C([2H])(C)C([2H])([2H])C([2H])([2H])C([2H])([2H])C(=O)N(C)CO.[2H]C([2H])(CC)C([2H])([2H])C([2H])([2H])C(=O)N(C)CO.[2H]C([2H])(CCC)C([2H])([2H])C(=O)N(C)CO.[2H]C([2H])(CCCBr)C(=O)N(C)CO.[2H]C([2H])(CCCn1c(=O)c2c(ncn2C)n(C([2H])([2H])[2H])c1=O)C(=O)N(C)CO.[2H]C([2H])(CCCn1c(=O)c2c(ncn2C)n(C)c1=O)C(=O)N(C)CO.[2H]C([2H])([2H])n1c(=O)n(CCCCC(=O)N(C)CO)c(=O)c2c1ncn2C. The van der Waals surface area contributed by atoms with Gasteiger partial charge in [0.25, 0.3) is 16.7 Å². The van der Waals surface area contributed by atoms with Crippen molar-refractivity contribution in [3.8, 4) is 0 Å². The van der Waals surface area contributed by atoms with Crippen molar-refractivity contribution < 1.29 is 110 Å². The third-order valence-corrected chi connectivity index (χ3v) is 15.4. The lowest BCUT2D eigenvalue weighted by Gasteiger charge is -2.13. The van der Waals surface area contributed by atoms with Crippen LogP contribution in [0, 0.1) is 0 Å². The van der Waals surface area contributed by atoms with Crippen LogP contribution in [0.3, 0.4) is 0 Å². The maximum absolute atomic E-state index is 12.7. The molecule has 6 aromatic rings. The Morgan fingerprint density at radius 3 is 0.956 bits per heavy atom. The smallest absolute Gasteiger partial charge is 0.332 e. The molecule has 0 aliphatic carbocycles. The number of aliphatic hydroxyl groups excluding tert-OH is 7. The minimum Gasteiger partial charge on any atom is -0.376 e. The standard InChI is InChI=1S/3C14H21N5O4.3C8H17NO2.C7H14BrNO2/c3*1-16-8-15-12-11(16)13(22)19(14(23)18(12)3)7-5-4-6-10(21)17(2)9-20;3*1-3-4-5-6-8(11)9(2)7-10;1-9(6-10)7(11)4-2-3-5-8/h3*8,20H,4-7,9H2,1-3H3;3*10H,3-7H2,1-2H3;10H,2-6H2,1H3/i3D3,6D2;6D2;3D3;3D2,4D2,5D2,6D2;4D2,5D2,6D2;5D2,6D2;4D2. The Morgan fingerprint density at radius 1 is 0.372 bits per heavy atom. The van der Waals surface area contributed by atoms with Gasteiger partial charge in [0.2, 0.25) is 41.4 Å². The maximum atomic E-state index is 12.7. The number of carbonyl (C=O) groups excluding carboxylic acids is 7. The average Bonchev–Trinajstić information content (AvgIpc) is 1.72. The number of alkyl halides is 1. The molecule has 0 spiro atoms. The van der Waals surface area contributed by atoms with Crippen molar-refractivity contribution in [1.82, 2.24) is 90.4 Å². The molecule has 0 saturated carbocycles. The van der Waals surface area contributed by atoms with E-state index < -0.39 is 207 Å². The summed E-state index contributed by atoms with van der Waals surface area (Å²) >= 11 is 3.16. The van der Waals surface area contributed by atoms with Crippen LogP contribution in [0.25, 0.3) is 33.5 Å². The van der Waals surface area contributed by atoms with Gasteiger partial charge in [-0.3, -0.25) is 75.3 Å². The number of nitrogens with zero attached hydrogens (tertiary/aromatic N) is 19. The van der Waals surface area contributed by atoms with Gasteiger partial charge in [0, 0.05) is 202 Å². The van der Waals surface area contributed by atoms with Crippen LogP contribution in [0.2, 0.25) is 0 Å². The summed E-state index contributed by atoms with van der Waals surface area (Å²) in [6.45, 7) is -6.46. The first-order chi connectivity index (χ1) is 64.8. The van der Waals surface area contributed by atoms with Gasteiger partial charge in [-0.2, -0.15) is 0 Å². The summed E-state index contributed by atoms with van der Waals surface area (Å²) in [7, 11) is 14.9. The number of carbonyl (C=O) groups is 7. The quantitative estimate of drug-likeness (QED) is 0.0161. The van der Waals surface area contributed by atoms with E-state index in [-0.39, 0.29) is 110 Å². The zero-order valence-electron chi connectivity index (χ0n) is 95.8. The van der Waals surface area contributed by atoms with E-state index in [1.54, 1.807) is 21.0 Å². The van der Waals surface area contributed by atoms with Crippen LogP contribution >= 0.6 is 15.9 Å². The molecule has 0 fully saturated rings. The second kappa shape index (κ2) is 57.0. The molecule has 40 heteroatoms. The molecule has 6 rings (SSSR count). The highest BCUT2D eigenvalue weighted by Gasteiger charge is 2.20. The van der Waals surface area contributed by atoms with E-state index in [9.17, 15) is 62.3 Å². The number of aromatic nitrogens is 12. The van der Waals surface area contributed by atoms with Gasteiger partial charge in [0.1, 0.15) is 47.1 Å². The van der Waals surface area contributed by atoms with E-state index in [1.807, 2.05) is 0 Å². The lowest BCUT2D eigenvalue weighted by Crippen LogP contribution is -2.39. The molecule has 0 aromatic carbocycles. The molecular weight excluding hydrogens is 1540 g/mol. The summed E-state index contributed by atoms with van der Waals surface area (Å²) < 4.78 is 235. The Morgan fingerprint density at radius 2 is 0.655 bits per heavy atom. The molecule has 0 bridgehead atoms. The monoisotopic (exact) mass is 1700 g/mol. The van der Waals surface area contributed by atoms with Gasteiger partial charge in [-0.25, -0.2) is 29.3 Å². The van der Waals surface area contributed by atoms with Gasteiger partial charge in [-0.1, -0.05) is 75.1 Å². The Bertz CT molecular complexity index is 5680. The third kappa shape index (κ3) is 35.1. The fraction of sp³-hybridized carbons (Fsp3) is 0.699. The maximum Gasteiger partial charge on any atom is 0.332 e. The predicted molar refractivity (Wildman–Crippen MR) is 431 cm³/mol. The molecule has 7 N–H and O–H groups in total. The van der Waals surface area contributed by atoms with Gasteiger partial charge < -0.3 is 83.7 Å². The van der Waals surface area contributed by atoms with Gasteiger partial charge in [0.05, 0.1) is 19.0 Å². The lowest BCUT2D eigenvalue weighted by molar-refractivity contribution is -0.134. The minimum atomic E-state index is -3.43. The topological polar surface area (TPSA) is 469 Å². The molecule has 0 aliphatic heterocycles. The summed E-state index contributed by atoms with van der Waals surface area (Å²) in [6, 6.07) is 0. The summed E-state index contributed by atoms with van der Waals surface area (Å²) in [5, 5.41) is 62.2. The van der Waals surface area contributed by atoms with E-state index in [0.29, 0.717) is 54.5 Å². The van der Waals surface area contributed by atoms with Gasteiger partial charge in [-0.05, 0) is 70.5 Å². The summed E-state index contributed by atoms with van der Waals surface area (Å²) in [4.78, 5) is 174. The molecule has 7 amide bonds. The van der Waals surface area contributed by atoms with Crippen molar-refractivity contribution in [2.24, 2.45) is 42.1 Å². The summed E-state index contributed by atoms with van der Waals surface area (Å²) in [5.41, 5.74) is -4.40. The Labute approximate surface area is 709 Å². The summed E-state index contributed by atoms with van der Waals surface area (Å²) in [5.74, 6) is -6.52. The number of fused-ring (bicyclic) bond motifs is 3. The van der Waals surface area contributed by atoms with E-state index in [2.05, 4.69) is 30.9 Å². The zero-order chi connectivity index (χ0) is 113. The Balaban J connectivity index is 0.00000167. The Hall–Kier alpha value is -9.06. The highest BCUT2D eigenvalue weighted by molar-refractivity contribution is 9.09. The van der Waals surface area contributed by atoms with Crippen molar-refractivity contribution in [2.45, 2.75) is 194 Å². The van der Waals surface area contributed by atoms with Crippen molar-refractivity contribution >= 4 is 90.8 Å². The predicted octanol–water partition coefficient (Wildman–Crippen LogP) is 0.921. The van der Waals surface area contributed by atoms with Crippen LogP contribution in [0.4, 0.5) is 0 Å². The second-order valence-corrected chi connectivity index (χ2v) is 24.4. The number of amides is 7. The van der Waals surface area contributed by atoms with Gasteiger partial charge in [0.15, 0.2) is 33.5 Å². The van der Waals surface area contributed by atoms with E-state index in [4.69, 9.17) is 76.9 Å². The molecule has 39 nitrogen and oxygen atoms in total. The molecule has 0 radical (unpaired) electrons. The highest BCUT2D eigenvalue weighted by Crippen LogP contribution is 2.11. The summed E-state index contributed by atoms with van der Waals surface area (Å²) in [6.07, 6.45) is -27.3. The van der Waals surface area contributed by atoms with Crippen LogP contribution in [-0.2, 0) is 95.3 Å². The normalized spacial score (nSPS) is 16.3. The molecule has 113 heavy (non-hydrogen) atoms. The fourth-order valence-electron chi connectivity index (χ4n) is 8.11. The van der Waals surface area contributed by atoms with Crippen LogP contribution in [0.15, 0.2) is 47.7 Å². The Kier molecular flexibility index (Phi) is 31.5. The number of aliphatic hydroxyl groups is 7. The first-order valence-electron chi connectivity index (χ1n) is 49.3. The van der Waals surface area contributed by atoms with Crippen LogP contribution < -0.4 is 33.7 Å². The van der Waals surface area contributed by atoms with Gasteiger partial charge in [-0.15, -0.1) is 0 Å². The second-order valence-electron chi connectivity index (χ2n) is 23.6. The van der Waals surface area contributed by atoms with Crippen molar-refractivity contribution in [2.75, 3.05) is 102 Å². The van der Waals surface area contributed by atoms with Crippen molar-refractivity contribution in [3.63, 3.8) is 0 Å². The first kappa shape index (κ1) is 62.3.